The van der Waals surface area contributed by atoms with Crippen LogP contribution in [0.2, 0.25) is 0 Å². The van der Waals surface area contributed by atoms with Crippen LogP contribution in [0.25, 0.3) is 5.70 Å². The number of carbonyl (C=O) groups is 2. The fourth-order valence-corrected chi connectivity index (χ4v) is 4.61. The van der Waals surface area contributed by atoms with Gasteiger partial charge >= 0.3 is 0 Å². The lowest BCUT2D eigenvalue weighted by Crippen LogP contribution is -2.37. The van der Waals surface area contributed by atoms with E-state index < -0.39 is 0 Å². The molecule has 1 atom stereocenters. The molecule has 1 heterocycles. The van der Waals surface area contributed by atoms with Gasteiger partial charge in [-0.25, -0.2) is 0 Å². The van der Waals surface area contributed by atoms with Crippen LogP contribution in [0.5, 0.6) is 0 Å². The third-order valence-corrected chi connectivity index (χ3v) is 5.69. The molecule has 2 aliphatic carbocycles. The summed E-state index contributed by atoms with van der Waals surface area (Å²) in [6.45, 7) is 6.45. The first-order valence-electron chi connectivity index (χ1n) is 9.34. The number of carbonyl (C=O) groups excluding carboxylic acids is 2. The highest BCUT2D eigenvalue weighted by atomic mass is 16.1. The predicted molar refractivity (Wildman–Crippen MR) is 98.9 cm³/mol. The van der Waals surface area contributed by atoms with E-state index in [1.54, 1.807) is 0 Å². The van der Waals surface area contributed by atoms with E-state index in [4.69, 9.17) is 0 Å². The van der Waals surface area contributed by atoms with Gasteiger partial charge in [0.25, 0.3) is 0 Å². The van der Waals surface area contributed by atoms with Crippen molar-refractivity contribution >= 4 is 17.3 Å². The van der Waals surface area contributed by atoms with Crippen molar-refractivity contribution in [3.05, 3.63) is 52.2 Å². The maximum atomic E-state index is 13.1. The monoisotopic (exact) mass is 335 g/mol. The molecule has 3 heteroatoms. The Morgan fingerprint density at radius 2 is 1.80 bits per heavy atom. The van der Waals surface area contributed by atoms with E-state index in [0.29, 0.717) is 6.42 Å². The Morgan fingerprint density at radius 3 is 2.52 bits per heavy atom. The number of ketones is 2. The summed E-state index contributed by atoms with van der Waals surface area (Å²) in [4.78, 5) is 26.0. The second kappa shape index (κ2) is 5.69. The summed E-state index contributed by atoms with van der Waals surface area (Å²) < 4.78 is 0. The first kappa shape index (κ1) is 16.3. The zero-order valence-electron chi connectivity index (χ0n) is 15.2. The third kappa shape index (κ3) is 2.48. The summed E-state index contributed by atoms with van der Waals surface area (Å²) in [6.07, 6.45) is 4.40. The van der Waals surface area contributed by atoms with E-state index in [-0.39, 0.29) is 22.9 Å². The number of dihydropyridines is 1. The third-order valence-electron chi connectivity index (χ3n) is 5.69. The normalized spacial score (nSPS) is 24.0. The molecule has 0 spiro atoms. The summed E-state index contributed by atoms with van der Waals surface area (Å²) in [5.74, 6) is 0.272. The lowest BCUT2D eigenvalue weighted by atomic mass is 9.69. The van der Waals surface area contributed by atoms with Gasteiger partial charge in [-0.05, 0) is 18.3 Å². The van der Waals surface area contributed by atoms with Crippen LogP contribution >= 0.6 is 0 Å². The van der Waals surface area contributed by atoms with Crippen molar-refractivity contribution in [2.75, 3.05) is 0 Å². The summed E-state index contributed by atoms with van der Waals surface area (Å²) in [7, 11) is 0. The number of rotatable bonds is 3. The minimum Gasteiger partial charge on any atom is -0.358 e. The molecule has 0 fully saturated rings. The van der Waals surface area contributed by atoms with Crippen LogP contribution in [0.1, 0.15) is 68.8 Å². The Labute approximate surface area is 149 Å². The van der Waals surface area contributed by atoms with Gasteiger partial charge in [0, 0.05) is 40.3 Å². The first-order chi connectivity index (χ1) is 11.9. The van der Waals surface area contributed by atoms with Crippen molar-refractivity contribution in [3.63, 3.8) is 0 Å². The van der Waals surface area contributed by atoms with E-state index in [0.717, 1.165) is 59.4 Å². The van der Waals surface area contributed by atoms with E-state index >= 15 is 0 Å². The standard InChI is InChI=1S/C22H25NO2/c1-4-5-8-15-18-16(11-22(2,3)12-17(18)24)23-20-13-9-6-7-10-14(13)21(25)19(15)20/h6-7,9-10,15,23H,4-5,8,11-12H2,1-3H3. The van der Waals surface area contributed by atoms with Crippen molar-refractivity contribution in [2.24, 2.45) is 11.3 Å². The predicted octanol–water partition coefficient (Wildman–Crippen LogP) is 4.65. The van der Waals surface area contributed by atoms with Crippen LogP contribution in [0, 0.1) is 11.3 Å². The molecule has 4 rings (SSSR count). The van der Waals surface area contributed by atoms with Crippen LogP contribution in [0.15, 0.2) is 41.1 Å². The number of allylic oxidation sites excluding steroid dienone is 3. The molecule has 130 valence electrons. The molecule has 0 radical (unpaired) electrons. The molecule has 0 amide bonds. The number of unbranched alkanes of at least 4 members (excludes halogenated alkanes) is 1. The maximum absolute atomic E-state index is 13.1. The summed E-state index contributed by atoms with van der Waals surface area (Å²) in [5.41, 5.74) is 5.43. The molecule has 0 aromatic heterocycles. The van der Waals surface area contributed by atoms with Gasteiger partial charge in [-0.1, -0.05) is 57.9 Å². The summed E-state index contributed by atoms with van der Waals surface area (Å²) >= 11 is 0. The largest absolute Gasteiger partial charge is 0.358 e. The van der Waals surface area contributed by atoms with Crippen LogP contribution in [-0.4, -0.2) is 11.6 Å². The topological polar surface area (TPSA) is 46.2 Å². The molecule has 3 aliphatic rings. The van der Waals surface area contributed by atoms with Crippen molar-refractivity contribution in [2.45, 2.75) is 52.9 Å². The molecule has 1 aromatic rings. The van der Waals surface area contributed by atoms with Gasteiger partial charge in [0.05, 0.1) is 5.70 Å². The maximum Gasteiger partial charge on any atom is 0.192 e. The van der Waals surface area contributed by atoms with Crippen molar-refractivity contribution in [1.29, 1.82) is 0 Å². The van der Waals surface area contributed by atoms with Gasteiger partial charge in [0.1, 0.15) is 0 Å². The van der Waals surface area contributed by atoms with Crippen molar-refractivity contribution in [1.82, 2.24) is 5.32 Å². The van der Waals surface area contributed by atoms with Crippen LogP contribution in [-0.2, 0) is 4.79 Å². The molecule has 1 unspecified atom stereocenters. The van der Waals surface area contributed by atoms with Crippen LogP contribution < -0.4 is 5.32 Å². The van der Waals surface area contributed by atoms with E-state index in [1.165, 1.54) is 0 Å². The molecule has 0 bridgehead atoms. The number of hydrogen-bond donors (Lipinski definition) is 1. The molecular formula is C22H25NO2. The van der Waals surface area contributed by atoms with Crippen molar-refractivity contribution in [3.8, 4) is 0 Å². The molecular weight excluding hydrogens is 310 g/mol. The van der Waals surface area contributed by atoms with Gasteiger partial charge in [-0.2, -0.15) is 0 Å². The Hall–Kier alpha value is -2.16. The smallest absolute Gasteiger partial charge is 0.192 e. The summed E-state index contributed by atoms with van der Waals surface area (Å²) in [6, 6.07) is 7.81. The fraction of sp³-hybridized carbons (Fsp3) is 0.455. The average molecular weight is 335 g/mol. The molecule has 25 heavy (non-hydrogen) atoms. The second-order valence-electron chi connectivity index (χ2n) is 8.32. The van der Waals surface area contributed by atoms with Gasteiger partial charge < -0.3 is 5.32 Å². The zero-order chi connectivity index (χ0) is 17.8. The number of benzene rings is 1. The van der Waals surface area contributed by atoms with Crippen LogP contribution in [0.4, 0.5) is 0 Å². The van der Waals surface area contributed by atoms with Gasteiger partial charge in [0.2, 0.25) is 0 Å². The minimum absolute atomic E-state index is 0.0293. The zero-order valence-corrected chi connectivity index (χ0v) is 15.2. The fourth-order valence-electron chi connectivity index (χ4n) is 4.61. The molecule has 3 nitrogen and oxygen atoms in total. The number of fused-ring (bicyclic) bond motifs is 2. The van der Waals surface area contributed by atoms with Crippen molar-refractivity contribution < 1.29 is 9.59 Å². The molecule has 1 aromatic carbocycles. The molecule has 1 N–H and O–H groups in total. The molecule has 0 saturated heterocycles. The lowest BCUT2D eigenvalue weighted by Gasteiger charge is -2.39. The highest BCUT2D eigenvalue weighted by molar-refractivity contribution is 6.22. The van der Waals surface area contributed by atoms with Crippen LogP contribution in [0.3, 0.4) is 0 Å². The van der Waals surface area contributed by atoms with E-state index in [9.17, 15) is 9.59 Å². The number of hydrogen-bond acceptors (Lipinski definition) is 3. The SMILES string of the molecule is CCCCC1C2=C(CC(C)(C)CC2=O)NC2=C1C(=O)c1ccccc12. The first-order valence-corrected chi connectivity index (χ1v) is 9.34. The van der Waals surface area contributed by atoms with Gasteiger partial charge in [-0.15, -0.1) is 0 Å². The van der Waals surface area contributed by atoms with Gasteiger partial charge in [-0.3, -0.25) is 9.59 Å². The summed E-state index contributed by atoms with van der Waals surface area (Å²) in [5, 5.41) is 3.51. The Morgan fingerprint density at radius 1 is 1.08 bits per heavy atom. The highest BCUT2D eigenvalue weighted by Gasteiger charge is 2.45. The number of nitrogens with one attached hydrogen (secondary N) is 1. The lowest BCUT2D eigenvalue weighted by molar-refractivity contribution is -0.118. The Balaban J connectivity index is 1.84. The minimum atomic E-state index is -0.0466. The quantitative estimate of drug-likeness (QED) is 0.875. The number of Topliss-reactive ketones (excluding diaryl/α,β-unsaturated/α-hetero) is 2. The highest BCUT2D eigenvalue weighted by Crippen LogP contribution is 2.48. The van der Waals surface area contributed by atoms with Gasteiger partial charge in [0.15, 0.2) is 11.6 Å². The Bertz CT molecular complexity index is 841. The van der Waals surface area contributed by atoms with E-state index in [2.05, 4.69) is 26.1 Å². The van der Waals surface area contributed by atoms with E-state index in [1.807, 2.05) is 24.3 Å². The molecule has 0 saturated carbocycles. The second-order valence-corrected chi connectivity index (χ2v) is 8.32. The average Bonchev–Trinajstić information content (AvgIpc) is 2.84. The molecule has 1 aliphatic heterocycles. The Kier molecular flexibility index (Phi) is 3.71.